The van der Waals surface area contributed by atoms with Gasteiger partial charge in [-0.25, -0.2) is 0 Å². The van der Waals surface area contributed by atoms with Crippen molar-refractivity contribution < 1.29 is 15.0 Å². The lowest BCUT2D eigenvalue weighted by Gasteiger charge is -2.28. The lowest BCUT2D eigenvalue weighted by atomic mass is 10.0. The van der Waals surface area contributed by atoms with Gasteiger partial charge in [-0.15, -0.1) is 0 Å². The fraction of sp³-hybridized carbons (Fsp3) is 0.562. The van der Waals surface area contributed by atoms with Crippen LogP contribution in [0.3, 0.4) is 0 Å². The molecular formula is C16H22ClNO3. The lowest BCUT2D eigenvalue weighted by molar-refractivity contribution is 0.101. The summed E-state index contributed by atoms with van der Waals surface area (Å²) in [6.07, 6.45) is 4.63. The summed E-state index contributed by atoms with van der Waals surface area (Å²) in [7, 11) is 0. The normalized spacial score (nSPS) is 15.8. The molecule has 0 saturated heterocycles. The van der Waals surface area contributed by atoms with E-state index in [1.165, 1.54) is 25.8 Å². The first kappa shape index (κ1) is 16.3. The molecule has 1 saturated carbocycles. The highest BCUT2D eigenvalue weighted by molar-refractivity contribution is 6.31. The molecule has 0 atom stereocenters. The first-order valence-corrected chi connectivity index (χ1v) is 7.78. The number of phenols is 1. The number of aliphatic hydroxyl groups excluding tert-OH is 1. The molecule has 1 aromatic rings. The minimum atomic E-state index is -0.203. The number of carbonyl (C=O) groups excluding carboxylic acids is 1. The van der Waals surface area contributed by atoms with Gasteiger partial charge in [-0.2, -0.15) is 0 Å². The van der Waals surface area contributed by atoms with Gasteiger partial charge in [0.1, 0.15) is 5.75 Å². The fourth-order valence-corrected chi connectivity index (χ4v) is 3.29. The first-order valence-electron chi connectivity index (χ1n) is 7.40. The summed E-state index contributed by atoms with van der Waals surface area (Å²) >= 11 is 6.06. The number of carbonyl (C=O) groups is 1. The Morgan fingerprint density at radius 3 is 2.62 bits per heavy atom. The summed E-state index contributed by atoms with van der Waals surface area (Å²) in [5.41, 5.74) is 0.904. The Kier molecular flexibility index (Phi) is 5.62. The van der Waals surface area contributed by atoms with E-state index in [0.29, 0.717) is 29.7 Å². The second-order valence-corrected chi connectivity index (χ2v) is 6.09. The number of benzene rings is 1. The van der Waals surface area contributed by atoms with Crippen LogP contribution in [0.2, 0.25) is 5.02 Å². The Morgan fingerprint density at radius 2 is 2.05 bits per heavy atom. The van der Waals surface area contributed by atoms with E-state index in [9.17, 15) is 15.0 Å². The maximum Gasteiger partial charge on any atom is 0.163 e. The molecule has 0 radical (unpaired) electrons. The van der Waals surface area contributed by atoms with Crippen LogP contribution in [0.4, 0.5) is 0 Å². The Morgan fingerprint density at radius 1 is 1.38 bits per heavy atom. The van der Waals surface area contributed by atoms with Crippen LogP contribution in [0, 0.1) is 0 Å². The van der Waals surface area contributed by atoms with E-state index in [1.54, 1.807) is 6.07 Å². The Balaban J connectivity index is 2.25. The van der Waals surface area contributed by atoms with Gasteiger partial charge < -0.3 is 10.2 Å². The molecule has 21 heavy (non-hydrogen) atoms. The van der Waals surface area contributed by atoms with Crippen LogP contribution in [-0.4, -0.2) is 40.1 Å². The number of rotatable bonds is 6. The predicted octanol–water partition coefficient (Wildman–Crippen LogP) is 2.99. The second-order valence-electron chi connectivity index (χ2n) is 5.65. The fourth-order valence-electron chi connectivity index (χ4n) is 3.05. The summed E-state index contributed by atoms with van der Waals surface area (Å²) in [5.74, 6) is -0.196. The van der Waals surface area contributed by atoms with E-state index in [2.05, 4.69) is 4.90 Å². The Bertz CT molecular complexity index is 512. The Hall–Kier alpha value is -1.10. The number of aromatic hydroxyl groups is 1. The van der Waals surface area contributed by atoms with E-state index in [0.717, 1.165) is 12.8 Å². The highest BCUT2D eigenvalue weighted by atomic mass is 35.5. The Labute approximate surface area is 130 Å². The molecule has 0 amide bonds. The van der Waals surface area contributed by atoms with E-state index in [-0.39, 0.29) is 23.7 Å². The van der Waals surface area contributed by atoms with Crippen molar-refractivity contribution >= 4 is 17.4 Å². The lowest BCUT2D eigenvalue weighted by Crippen LogP contribution is -2.35. The van der Waals surface area contributed by atoms with E-state index < -0.39 is 0 Å². The van der Waals surface area contributed by atoms with Gasteiger partial charge in [0, 0.05) is 29.7 Å². The zero-order chi connectivity index (χ0) is 15.4. The molecule has 0 aromatic heterocycles. The minimum Gasteiger partial charge on any atom is -0.507 e. The van der Waals surface area contributed by atoms with Crippen molar-refractivity contribution in [1.29, 1.82) is 0 Å². The third-order valence-electron chi connectivity index (χ3n) is 4.13. The highest BCUT2D eigenvalue weighted by Crippen LogP contribution is 2.31. The van der Waals surface area contributed by atoms with Gasteiger partial charge in [-0.1, -0.05) is 24.4 Å². The highest BCUT2D eigenvalue weighted by Gasteiger charge is 2.24. The molecule has 1 aliphatic carbocycles. The van der Waals surface area contributed by atoms with Crippen LogP contribution in [0.5, 0.6) is 5.75 Å². The SMILES string of the molecule is CC(=O)c1cc(Cl)cc(CN(CCO)C2CCCC2)c1O. The van der Waals surface area contributed by atoms with Crippen LogP contribution < -0.4 is 0 Å². The van der Waals surface area contributed by atoms with Crippen molar-refractivity contribution in [2.45, 2.75) is 45.2 Å². The van der Waals surface area contributed by atoms with Crippen molar-refractivity contribution in [2.75, 3.05) is 13.2 Å². The van der Waals surface area contributed by atoms with Gasteiger partial charge in [0.15, 0.2) is 5.78 Å². The van der Waals surface area contributed by atoms with Crippen molar-refractivity contribution in [1.82, 2.24) is 4.90 Å². The average Bonchev–Trinajstić information content (AvgIpc) is 2.95. The number of Topliss-reactive ketones (excluding diaryl/α,β-unsaturated/α-hetero) is 1. The molecule has 0 spiro atoms. The van der Waals surface area contributed by atoms with Gasteiger partial charge >= 0.3 is 0 Å². The summed E-state index contributed by atoms with van der Waals surface area (Å²) in [5, 5.41) is 20.0. The number of hydrogen-bond donors (Lipinski definition) is 2. The zero-order valence-electron chi connectivity index (χ0n) is 12.3. The number of hydrogen-bond acceptors (Lipinski definition) is 4. The van der Waals surface area contributed by atoms with E-state index in [4.69, 9.17) is 11.6 Å². The van der Waals surface area contributed by atoms with Crippen LogP contribution in [0.25, 0.3) is 0 Å². The van der Waals surface area contributed by atoms with Crippen LogP contribution in [0.1, 0.15) is 48.5 Å². The van der Waals surface area contributed by atoms with E-state index >= 15 is 0 Å². The van der Waals surface area contributed by atoms with Gasteiger partial charge in [0.2, 0.25) is 0 Å². The van der Waals surface area contributed by atoms with Gasteiger partial charge in [0.05, 0.1) is 12.2 Å². The number of phenolic OH excluding ortho intramolecular Hbond substituents is 1. The molecule has 0 bridgehead atoms. The second kappa shape index (κ2) is 7.25. The topological polar surface area (TPSA) is 60.8 Å². The molecule has 1 aromatic carbocycles. The number of aliphatic hydroxyl groups is 1. The summed E-state index contributed by atoms with van der Waals surface area (Å²) in [6.45, 7) is 2.55. The first-order chi connectivity index (χ1) is 10.0. The molecule has 116 valence electrons. The largest absolute Gasteiger partial charge is 0.507 e. The third-order valence-corrected chi connectivity index (χ3v) is 4.35. The molecule has 5 heteroatoms. The van der Waals surface area contributed by atoms with Crippen molar-refractivity contribution in [3.8, 4) is 5.75 Å². The smallest absolute Gasteiger partial charge is 0.163 e. The molecule has 2 rings (SSSR count). The maximum atomic E-state index is 11.6. The molecule has 4 nitrogen and oxygen atoms in total. The molecular weight excluding hydrogens is 290 g/mol. The molecule has 0 unspecified atom stereocenters. The van der Waals surface area contributed by atoms with Crippen molar-refractivity contribution in [3.05, 3.63) is 28.3 Å². The number of ketones is 1. The number of halogens is 1. The molecule has 0 aliphatic heterocycles. The van der Waals surface area contributed by atoms with Crippen LogP contribution in [0.15, 0.2) is 12.1 Å². The zero-order valence-corrected chi connectivity index (χ0v) is 13.1. The standard InChI is InChI=1S/C16H22ClNO3/c1-11(20)15-9-13(17)8-12(16(15)21)10-18(6-7-19)14-4-2-3-5-14/h8-9,14,19,21H,2-7,10H2,1H3. The van der Waals surface area contributed by atoms with Crippen LogP contribution in [-0.2, 0) is 6.54 Å². The quantitative estimate of drug-likeness (QED) is 0.793. The van der Waals surface area contributed by atoms with Gasteiger partial charge in [0.25, 0.3) is 0 Å². The maximum absolute atomic E-state index is 11.6. The molecule has 2 N–H and O–H groups in total. The van der Waals surface area contributed by atoms with Gasteiger partial charge in [-0.3, -0.25) is 9.69 Å². The summed E-state index contributed by atoms with van der Waals surface area (Å²) in [4.78, 5) is 13.7. The summed E-state index contributed by atoms with van der Waals surface area (Å²) in [6, 6.07) is 3.62. The molecule has 1 fully saturated rings. The van der Waals surface area contributed by atoms with Crippen molar-refractivity contribution in [3.63, 3.8) is 0 Å². The third kappa shape index (κ3) is 3.96. The minimum absolute atomic E-state index is 0.00726. The molecule has 0 heterocycles. The van der Waals surface area contributed by atoms with Crippen molar-refractivity contribution in [2.24, 2.45) is 0 Å². The number of nitrogens with zero attached hydrogens (tertiary/aromatic N) is 1. The van der Waals surface area contributed by atoms with Gasteiger partial charge in [-0.05, 0) is 31.9 Å². The van der Waals surface area contributed by atoms with E-state index in [1.807, 2.05) is 0 Å². The monoisotopic (exact) mass is 311 g/mol. The van der Waals surface area contributed by atoms with Crippen LogP contribution >= 0.6 is 11.6 Å². The summed E-state index contributed by atoms with van der Waals surface area (Å²) < 4.78 is 0. The molecule has 1 aliphatic rings. The average molecular weight is 312 g/mol. The predicted molar refractivity (Wildman–Crippen MR) is 82.9 cm³/mol.